The predicted octanol–water partition coefficient (Wildman–Crippen LogP) is 0.961. The van der Waals surface area contributed by atoms with Crippen molar-refractivity contribution < 1.29 is 19.0 Å². The maximum Gasteiger partial charge on any atom is 0.364 e. The van der Waals surface area contributed by atoms with Crippen LogP contribution in [0.2, 0.25) is 0 Å². The van der Waals surface area contributed by atoms with Gasteiger partial charge in [0.05, 0.1) is 6.61 Å². The second kappa shape index (κ2) is 3.48. The topological polar surface area (TPSA) is 46.5 Å². The van der Waals surface area contributed by atoms with E-state index in [1.54, 1.807) is 0 Å². The molecule has 1 atom stereocenters. The fourth-order valence-electron chi connectivity index (χ4n) is 0.962. The van der Waals surface area contributed by atoms with Crippen molar-refractivity contribution in [1.82, 2.24) is 0 Å². The summed E-state index contributed by atoms with van der Waals surface area (Å²) in [6.07, 6.45) is 1.82. The summed E-state index contributed by atoms with van der Waals surface area (Å²) in [4.78, 5) is 10.0. The molecule has 1 aliphatic rings. The third kappa shape index (κ3) is 2.31. The number of halogens is 1. The fraction of sp³-hybridized carbons (Fsp3) is 0.571. The van der Waals surface area contributed by atoms with Gasteiger partial charge < -0.3 is 9.84 Å². The van der Waals surface area contributed by atoms with Crippen molar-refractivity contribution in [2.24, 2.45) is 5.92 Å². The molecule has 1 saturated heterocycles. The molecule has 62 valence electrons. The Kier molecular flexibility index (Phi) is 2.59. The Bertz CT molecular complexity index is 182. The normalized spacial score (nSPS) is 25.5. The summed E-state index contributed by atoms with van der Waals surface area (Å²) in [5, 5.41) is 8.16. The van der Waals surface area contributed by atoms with E-state index < -0.39 is 11.8 Å². The minimum Gasteiger partial charge on any atom is -0.476 e. The van der Waals surface area contributed by atoms with Gasteiger partial charge in [-0.3, -0.25) is 0 Å². The van der Waals surface area contributed by atoms with Gasteiger partial charge in [0.25, 0.3) is 0 Å². The Morgan fingerprint density at radius 3 is 2.91 bits per heavy atom. The van der Waals surface area contributed by atoms with E-state index in [0.717, 1.165) is 6.08 Å². The molecule has 3 nitrogen and oxygen atoms in total. The average molecular weight is 160 g/mol. The van der Waals surface area contributed by atoms with Crippen molar-refractivity contribution >= 4 is 5.97 Å². The van der Waals surface area contributed by atoms with Crippen LogP contribution in [0.3, 0.4) is 0 Å². The summed E-state index contributed by atoms with van der Waals surface area (Å²) in [5.41, 5.74) is 0. The number of aliphatic carboxylic acids is 1. The van der Waals surface area contributed by atoms with Crippen LogP contribution in [0.15, 0.2) is 11.9 Å². The first kappa shape index (κ1) is 8.20. The molecule has 1 heterocycles. The highest BCUT2D eigenvalue weighted by Gasteiger charge is 2.16. The van der Waals surface area contributed by atoms with Crippen molar-refractivity contribution in [3.8, 4) is 0 Å². The molecule has 1 aliphatic heterocycles. The Morgan fingerprint density at radius 2 is 2.45 bits per heavy atom. The zero-order valence-corrected chi connectivity index (χ0v) is 5.92. The summed E-state index contributed by atoms with van der Waals surface area (Å²) in [6.45, 7) is 1.02. The van der Waals surface area contributed by atoms with Gasteiger partial charge in [-0.2, -0.15) is 4.39 Å². The van der Waals surface area contributed by atoms with E-state index in [1.807, 2.05) is 0 Å². The van der Waals surface area contributed by atoms with Crippen molar-refractivity contribution in [1.29, 1.82) is 0 Å². The maximum atomic E-state index is 12.4. The zero-order valence-electron chi connectivity index (χ0n) is 5.92. The average Bonchev–Trinajstić information content (AvgIpc) is 2.39. The smallest absolute Gasteiger partial charge is 0.364 e. The van der Waals surface area contributed by atoms with Crippen molar-refractivity contribution in [3.63, 3.8) is 0 Å². The molecule has 0 amide bonds. The molecule has 0 aromatic heterocycles. The second-order valence-electron chi connectivity index (χ2n) is 2.44. The van der Waals surface area contributed by atoms with Crippen LogP contribution in [-0.4, -0.2) is 24.3 Å². The van der Waals surface area contributed by atoms with Gasteiger partial charge in [0.1, 0.15) is 0 Å². The highest BCUT2D eigenvalue weighted by molar-refractivity contribution is 5.83. The number of carbonyl (C=O) groups is 1. The van der Waals surface area contributed by atoms with E-state index in [2.05, 4.69) is 0 Å². The number of carboxylic acid groups (broad SMARTS) is 1. The van der Waals surface area contributed by atoms with Gasteiger partial charge in [-0.1, -0.05) is 0 Å². The summed E-state index contributed by atoms with van der Waals surface area (Å²) < 4.78 is 17.3. The monoisotopic (exact) mass is 160 g/mol. The molecule has 0 aromatic carbocycles. The van der Waals surface area contributed by atoms with Gasteiger partial charge in [-0.25, -0.2) is 4.79 Å². The minimum atomic E-state index is -1.50. The summed E-state index contributed by atoms with van der Waals surface area (Å²) in [6, 6.07) is 0. The van der Waals surface area contributed by atoms with Crippen molar-refractivity contribution in [3.05, 3.63) is 11.9 Å². The third-order valence-electron chi connectivity index (χ3n) is 1.55. The summed E-state index contributed by atoms with van der Waals surface area (Å²) in [7, 11) is 0. The molecule has 1 unspecified atom stereocenters. The Labute approximate surface area is 63.5 Å². The standard InChI is InChI=1S/C7H9FO3/c8-6(7(9)10)3-5-1-2-11-4-5/h3,5H,1-2,4H2,(H,9,10). The van der Waals surface area contributed by atoms with Gasteiger partial charge in [0, 0.05) is 12.5 Å². The van der Waals surface area contributed by atoms with Gasteiger partial charge in [0.15, 0.2) is 0 Å². The third-order valence-corrected chi connectivity index (χ3v) is 1.55. The van der Waals surface area contributed by atoms with E-state index in [9.17, 15) is 9.18 Å². The number of ether oxygens (including phenoxy) is 1. The highest BCUT2D eigenvalue weighted by atomic mass is 19.1. The SMILES string of the molecule is O=C(O)C(F)=CC1CCOC1. The van der Waals surface area contributed by atoms with Crippen LogP contribution in [0.4, 0.5) is 4.39 Å². The summed E-state index contributed by atoms with van der Waals surface area (Å²) >= 11 is 0. The Balaban J connectivity index is 2.49. The number of rotatable bonds is 2. The first-order valence-electron chi connectivity index (χ1n) is 3.38. The number of hydrogen-bond donors (Lipinski definition) is 1. The molecule has 4 heteroatoms. The van der Waals surface area contributed by atoms with Crippen LogP contribution in [-0.2, 0) is 9.53 Å². The molecule has 0 spiro atoms. The molecule has 0 bridgehead atoms. The van der Waals surface area contributed by atoms with Crippen LogP contribution in [0, 0.1) is 5.92 Å². The second-order valence-corrected chi connectivity index (χ2v) is 2.44. The van der Waals surface area contributed by atoms with Crippen LogP contribution in [0.5, 0.6) is 0 Å². The van der Waals surface area contributed by atoms with Crippen LogP contribution >= 0.6 is 0 Å². The summed E-state index contributed by atoms with van der Waals surface area (Å²) in [5.74, 6) is -2.65. The lowest BCUT2D eigenvalue weighted by Crippen LogP contribution is -2.00. The molecule has 11 heavy (non-hydrogen) atoms. The molecule has 1 N–H and O–H groups in total. The highest BCUT2D eigenvalue weighted by Crippen LogP contribution is 2.16. The van der Waals surface area contributed by atoms with Gasteiger partial charge in [-0.15, -0.1) is 0 Å². The molecule has 0 radical (unpaired) electrons. The van der Waals surface area contributed by atoms with Crippen molar-refractivity contribution in [2.75, 3.05) is 13.2 Å². The molecule has 1 rings (SSSR count). The molecule has 0 saturated carbocycles. The predicted molar refractivity (Wildman–Crippen MR) is 35.8 cm³/mol. The first-order chi connectivity index (χ1) is 5.20. The molecular weight excluding hydrogens is 151 g/mol. The van der Waals surface area contributed by atoms with Crippen molar-refractivity contribution in [2.45, 2.75) is 6.42 Å². The molecular formula is C7H9FO3. The Morgan fingerprint density at radius 1 is 1.73 bits per heavy atom. The molecule has 1 fully saturated rings. The number of hydrogen-bond acceptors (Lipinski definition) is 2. The van der Waals surface area contributed by atoms with E-state index in [4.69, 9.17) is 9.84 Å². The van der Waals surface area contributed by atoms with E-state index >= 15 is 0 Å². The largest absolute Gasteiger partial charge is 0.476 e. The van der Waals surface area contributed by atoms with E-state index in [0.29, 0.717) is 19.6 Å². The van der Waals surface area contributed by atoms with Gasteiger partial charge >= 0.3 is 5.97 Å². The molecule has 0 aromatic rings. The lowest BCUT2D eigenvalue weighted by Gasteiger charge is -1.97. The first-order valence-corrected chi connectivity index (χ1v) is 3.38. The van der Waals surface area contributed by atoms with Gasteiger partial charge in [0.2, 0.25) is 5.83 Å². The fourth-order valence-corrected chi connectivity index (χ4v) is 0.962. The minimum absolute atomic E-state index is 0.0638. The van der Waals surface area contributed by atoms with Crippen LogP contribution in [0.1, 0.15) is 6.42 Å². The van der Waals surface area contributed by atoms with Crippen LogP contribution in [0.25, 0.3) is 0 Å². The lowest BCUT2D eigenvalue weighted by molar-refractivity contribution is -0.134. The number of carboxylic acids is 1. The molecule has 0 aliphatic carbocycles. The quantitative estimate of drug-likeness (QED) is 0.612. The van der Waals surface area contributed by atoms with E-state index in [-0.39, 0.29) is 5.92 Å². The van der Waals surface area contributed by atoms with Crippen LogP contribution < -0.4 is 0 Å². The maximum absolute atomic E-state index is 12.4. The lowest BCUT2D eigenvalue weighted by atomic mass is 10.1. The van der Waals surface area contributed by atoms with E-state index in [1.165, 1.54) is 0 Å². The van der Waals surface area contributed by atoms with Gasteiger partial charge in [-0.05, 0) is 12.5 Å². The zero-order chi connectivity index (χ0) is 8.27. The Hall–Kier alpha value is -0.900.